The van der Waals surface area contributed by atoms with Gasteiger partial charge in [-0.05, 0) is 55.0 Å². The molecule has 2 N–H and O–H groups in total. The highest BCUT2D eigenvalue weighted by Crippen LogP contribution is 2.29. The third-order valence-electron chi connectivity index (χ3n) is 3.29. The van der Waals surface area contributed by atoms with Crippen molar-refractivity contribution in [1.29, 1.82) is 0 Å². The van der Waals surface area contributed by atoms with Crippen molar-refractivity contribution in [2.24, 2.45) is 17.6 Å². The molecule has 1 atom stereocenters. The average Bonchev–Trinajstić information content (AvgIpc) is 2.29. The second kappa shape index (κ2) is 6.27. The van der Waals surface area contributed by atoms with Crippen LogP contribution >= 0.6 is 11.6 Å². The Balaban J connectivity index is 3.00. The second-order valence-corrected chi connectivity index (χ2v) is 5.26. The first kappa shape index (κ1) is 14.3. The van der Waals surface area contributed by atoms with Gasteiger partial charge in [0.1, 0.15) is 5.75 Å². The van der Waals surface area contributed by atoms with E-state index in [9.17, 15) is 0 Å². The molecule has 3 heteroatoms. The highest BCUT2D eigenvalue weighted by molar-refractivity contribution is 6.31. The van der Waals surface area contributed by atoms with Crippen molar-refractivity contribution in [1.82, 2.24) is 0 Å². The molecule has 1 unspecified atom stereocenters. The van der Waals surface area contributed by atoms with E-state index >= 15 is 0 Å². The molecule has 0 saturated heterocycles. The summed E-state index contributed by atoms with van der Waals surface area (Å²) in [6.07, 6.45) is 0.914. The van der Waals surface area contributed by atoms with Crippen molar-refractivity contribution in [3.8, 4) is 5.75 Å². The van der Waals surface area contributed by atoms with E-state index in [4.69, 9.17) is 22.1 Å². The number of ether oxygens (including phenoxy) is 1. The third-order valence-corrected chi connectivity index (χ3v) is 3.70. The molecule has 0 heterocycles. The Bertz CT molecular complexity index is 377. The minimum atomic E-state index is 0.461. The lowest BCUT2D eigenvalue weighted by Crippen LogP contribution is -2.22. The number of nitrogens with two attached hydrogens (primary N) is 1. The van der Waals surface area contributed by atoms with Crippen LogP contribution in [0.1, 0.15) is 25.0 Å². The standard InChI is InChI=1S/C14H22ClNO/c1-9(2)12(8-16)6-11-7-13(15)10(3)5-14(11)17-4/h5,7,9,12H,6,8,16H2,1-4H3. The predicted molar refractivity (Wildman–Crippen MR) is 73.8 cm³/mol. The molecule has 0 radical (unpaired) electrons. The molecule has 0 aliphatic rings. The lowest BCUT2D eigenvalue weighted by molar-refractivity contribution is 0.373. The zero-order valence-corrected chi connectivity index (χ0v) is 11.8. The number of benzene rings is 1. The molecule has 0 aromatic heterocycles. The van der Waals surface area contributed by atoms with Gasteiger partial charge in [-0.3, -0.25) is 0 Å². The van der Waals surface area contributed by atoms with E-state index in [0.717, 1.165) is 28.3 Å². The maximum absolute atomic E-state index is 6.16. The van der Waals surface area contributed by atoms with Crippen LogP contribution in [0.5, 0.6) is 5.75 Å². The molecular weight excluding hydrogens is 234 g/mol. The summed E-state index contributed by atoms with van der Waals surface area (Å²) in [6.45, 7) is 7.06. The average molecular weight is 256 g/mol. The van der Waals surface area contributed by atoms with Gasteiger partial charge in [0.25, 0.3) is 0 Å². The minimum Gasteiger partial charge on any atom is -0.496 e. The topological polar surface area (TPSA) is 35.2 Å². The van der Waals surface area contributed by atoms with Crippen molar-refractivity contribution in [3.63, 3.8) is 0 Å². The van der Waals surface area contributed by atoms with Gasteiger partial charge >= 0.3 is 0 Å². The van der Waals surface area contributed by atoms with E-state index in [1.807, 2.05) is 19.1 Å². The molecule has 0 spiro atoms. The van der Waals surface area contributed by atoms with Gasteiger partial charge in [0.05, 0.1) is 7.11 Å². The Labute approximate surface area is 109 Å². The van der Waals surface area contributed by atoms with Crippen molar-refractivity contribution < 1.29 is 4.74 Å². The maximum atomic E-state index is 6.16. The first-order valence-corrected chi connectivity index (χ1v) is 6.40. The summed E-state index contributed by atoms with van der Waals surface area (Å²) < 4.78 is 5.41. The smallest absolute Gasteiger partial charge is 0.122 e. The quantitative estimate of drug-likeness (QED) is 0.875. The summed E-state index contributed by atoms with van der Waals surface area (Å²) in [5, 5.41) is 0.792. The van der Waals surface area contributed by atoms with Crippen LogP contribution in [0.2, 0.25) is 5.02 Å². The molecule has 96 valence electrons. The van der Waals surface area contributed by atoms with E-state index in [0.29, 0.717) is 18.4 Å². The largest absolute Gasteiger partial charge is 0.496 e. The van der Waals surface area contributed by atoms with Gasteiger partial charge in [-0.15, -0.1) is 0 Å². The molecule has 0 aliphatic heterocycles. The van der Waals surface area contributed by atoms with Crippen LogP contribution in [0.3, 0.4) is 0 Å². The van der Waals surface area contributed by atoms with E-state index in [1.54, 1.807) is 7.11 Å². The minimum absolute atomic E-state index is 0.461. The van der Waals surface area contributed by atoms with Crippen LogP contribution in [-0.4, -0.2) is 13.7 Å². The number of halogens is 1. The summed E-state index contributed by atoms with van der Waals surface area (Å²) in [4.78, 5) is 0. The van der Waals surface area contributed by atoms with E-state index in [-0.39, 0.29) is 0 Å². The lowest BCUT2D eigenvalue weighted by Gasteiger charge is -2.20. The van der Waals surface area contributed by atoms with Crippen LogP contribution in [0.4, 0.5) is 0 Å². The fourth-order valence-corrected chi connectivity index (χ4v) is 2.11. The summed E-state index contributed by atoms with van der Waals surface area (Å²) in [6, 6.07) is 3.99. The Morgan fingerprint density at radius 3 is 2.47 bits per heavy atom. The molecule has 1 aromatic rings. The molecule has 1 aromatic carbocycles. The zero-order valence-electron chi connectivity index (χ0n) is 11.1. The number of rotatable bonds is 5. The molecule has 0 saturated carbocycles. The first-order valence-electron chi connectivity index (χ1n) is 6.02. The fraction of sp³-hybridized carbons (Fsp3) is 0.571. The number of hydrogen-bond donors (Lipinski definition) is 1. The van der Waals surface area contributed by atoms with Gasteiger partial charge < -0.3 is 10.5 Å². The molecule has 0 aliphatic carbocycles. The Morgan fingerprint density at radius 2 is 2.00 bits per heavy atom. The fourth-order valence-electron chi connectivity index (χ4n) is 1.92. The van der Waals surface area contributed by atoms with Crippen molar-refractivity contribution >= 4 is 11.6 Å². The highest BCUT2D eigenvalue weighted by atomic mass is 35.5. The Kier molecular flexibility index (Phi) is 5.29. The van der Waals surface area contributed by atoms with Gasteiger partial charge in [-0.25, -0.2) is 0 Å². The van der Waals surface area contributed by atoms with Crippen molar-refractivity contribution in [2.75, 3.05) is 13.7 Å². The van der Waals surface area contributed by atoms with E-state index in [2.05, 4.69) is 13.8 Å². The van der Waals surface area contributed by atoms with E-state index in [1.165, 1.54) is 0 Å². The lowest BCUT2D eigenvalue weighted by atomic mass is 9.89. The van der Waals surface area contributed by atoms with Crippen molar-refractivity contribution in [2.45, 2.75) is 27.2 Å². The van der Waals surface area contributed by atoms with Gasteiger partial charge in [0.2, 0.25) is 0 Å². The molecule has 0 fully saturated rings. The molecule has 1 rings (SSSR count). The summed E-state index contributed by atoms with van der Waals surface area (Å²) in [5.74, 6) is 1.93. The van der Waals surface area contributed by atoms with Crippen LogP contribution in [0, 0.1) is 18.8 Å². The SMILES string of the molecule is COc1cc(C)c(Cl)cc1CC(CN)C(C)C. The summed E-state index contributed by atoms with van der Waals surface area (Å²) in [7, 11) is 1.69. The Morgan fingerprint density at radius 1 is 1.35 bits per heavy atom. The second-order valence-electron chi connectivity index (χ2n) is 4.86. The van der Waals surface area contributed by atoms with E-state index < -0.39 is 0 Å². The summed E-state index contributed by atoms with van der Waals surface area (Å²) >= 11 is 6.16. The third kappa shape index (κ3) is 3.62. The molecule has 2 nitrogen and oxygen atoms in total. The van der Waals surface area contributed by atoms with Crippen LogP contribution in [0.15, 0.2) is 12.1 Å². The van der Waals surface area contributed by atoms with Gasteiger partial charge in [-0.1, -0.05) is 25.4 Å². The van der Waals surface area contributed by atoms with Crippen LogP contribution < -0.4 is 10.5 Å². The van der Waals surface area contributed by atoms with Crippen LogP contribution in [-0.2, 0) is 6.42 Å². The predicted octanol–water partition coefficient (Wildman–Crippen LogP) is 3.43. The monoisotopic (exact) mass is 255 g/mol. The normalized spacial score (nSPS) is 12.9. The number of methoxy groups -OCH3 is 1. The van der Waals surface area contributed by atoms with Crippen LogP contribution in [0.25, 0.3) is 0 Å². The zero-order chi connectivity index (χ0) is 13.0. The molecule has 0 amide bonds. The Hall–Kier alpha value is -0.730. The van der Waals surface area contributed by atoms with Crippen molar-refractivity contribution in [3.05, 3.63) is 28.3 Å². The van der Waals surface area contributed by atoms with Gasteiger partial charge in [0, 0.05) is 5.02 Å². The summed E-state index contributed by atoms with van der Waals surface area (Å²) in [5.41, 5.74) is 8.00. The molecular formula is C14H22ClNO. The number of hydrogen-bond acceptors (Lipinski definition) is 2. The molecule has 17 heavy (non-hydrogen) atoms. The van der Waals surface area contributed by atoms with Gasteiger partial charge in [-0.2, -0.15) is 0 Å². The number of aryl methyl sites for hydroxylation is 1. The molecule has 0 bridgehead atoms. The van der Waals surface area contributed by atoms with Gasteiger partial charge in [0.15, 0.2) is 0 Å². The highest BCUT2D eigenvalue weighted by Gasteiger charge is 2.16. The maximum Gasteiger partial charge on any atom is 0.122 e. The first-order chi connectivity index (χ1) is 7.99.